The molecule has 0 saturated heterocycles. The molecule has 3 heterocycles. The Hall–Kier alpha value is -4.17. The summed E-state index contributed by atoms with van der Waals surface area (Å²) < 4.78 is 0. The van der Waals surface area contributed by atoms with Gasteiger partial charge in [0.05, 0.1) is 0 Å². The zero-order valence-electron chi connectivity index (χ0n) is 16.6. The topological polar surface area (TPSA) is 188 Å². The molecular weight excluding hydrogens is 390 g/mol. The molecule has 0 amide bonds. The van der Waals surface area contributed by atoms with Gasteiger partial charge in [0, 0.05) is 40.3 Å². The Kier molecular flexibility index (Phi) is 7.53. The van der Waals surface area contributed by atoms with Crippen LogP contribution in [0.15, 0.2) is 19.0 Å². The van der Waals surface area contributed by atoms with Gasteiger partial charge in [-0.05, 0) is 0 Å². The average molecular weight is 413 g/mol. The SMILES string of the molecule is CNc1ncnc(NCCNc2ncnc(NCCNc3ncnc(NC)n3)n2)n1. The minimum atomic E-state index is 0.463. The van der Waals surface area contributed by atoms with E-state index in [1.807, 2.05) is 0 Å². The average Bonchev–Trinajstić information content (AvgIpc) is 2.80. The van der Waals surface area contributed by atoms with Crippen LogP contribution in [-0.2, 0) is 0 Å². The van der Waals surface area contributed by atoms with Crippen LogP contribution < -0.4 is 31.9 Å². The lowest BCUT2D eigenvalue weighted by molar-refractivity contribution is 0.946. The minimum absolute atomic E-state index is 0.463. The highest BCUT2D eigenvalue weighted by atomic mass is 15.2. The Morgan fingerprint density at radius 3 is 1.03 bits per heavy atom. The molecule has 0 bridgehead atoms. The summed E-state index contributed by atoms with van der Waals surface area (Å²) in [7, 11) is 3.49. The molecule has 3 aromatic heterocycles. The maximum absolute atomic E-state index is 4.31. The van der Waals surface area contributed by atoms with Gasteiger partial charge in [-0.2, -0.15) is 15.0 Å². The van der Waals surface area contributed by atoms with E-state index in [0.717, 1.165) is 0 Å². The van der Waals surface area contributed by atoms with Crippen LogP contribution in [-0.4, -0.2) is 85.1 Å². The molecule has 0 saturated carbocycles. The molecule has 0 atom stereocenters. The van der Waals surface area contributed by atoms with Gasteiger partial charge in [0.1, 0.15) is 19.0 Å². The molecule has 0 spiro atoms. The fourth-order valence-electron chi connectivity index (χ4n) is 2.17. The van der Waals surface area contributed by atoms with Gasteiger partial charge in [-0.15, -0.1) is 0 Å². The van der Waals surface area contributed by atoms with Gasteiger partial charge in [0.25, 0.3) is 0 Å². The maximum Gasteiger partial charge on any atom is 0.227 e. The van der Waals surface area contributed by atoms with E-state index in [9.17, 15) is 0 Å². The quantitative estimate of drug-likeness (QED) is 0.206. The molecule has 0 aliphatic carbocycles. The molecule has 158 valence electrons. The molecule has 30 heavy (non-hydrogen) atoms. The molecule has 0 radical (unpaired) electrons. The monoisotopic (exact) mass is 413 g/mol. The molecule has 0 unspecified atom stereocenters. The zero-order chi connectivity index (χ0) is 21.0. The van der Waals surface area contributed by atoms with Crippen molar-refractivity contribution in [3.05, 3.63) is 19.0 Å². The second-order valence-corrected chi connectivity index (χ2v) is 5.61. The highest BCUT2D eigenvalue weighted by Crippen LogP contribution is 2.03. The number of aromatic nitrogens is 9. The maximum atomic E-state index is 4.31. The van der Waals surface area contributed by atoms with Crippen LogP contribution in [0.2, 0.25) is 0 Å². The first-order valence-corrected chi connectivity index (χ1v) is 9.15. The van der Waals surface area contributed by atoms with Gasteiger partial charge in [0.2, 0.25) is 35.7 Å². The van der Waals surface area contributed by atoms with Crippen molar-refractivity contribution in [2.75, 3.05) is 72.2 Å². The predicted octanol–water partition coefficient (Wildman–Crippen LogP) is -0.627. The number of hydrogen-bond acceptors (Lipinski definition) is 15. The highest BCUT2D eigenvalue weighted by molar-refractivity contribution is 5.35. The van der Waals surface area contributed by atoms with Crippen molar-refractivity contribution < 1.29 is 0 Å². The lowest BCUT2D eigenvalue weighted by Gasteiger charge is -2.09. The van der Waals surface area contributed by atoms with Gasteiger partial charge >= 0.3 is 0 Å². The molecule has 3 rings (SSSR count). The van der Waals surface area contributed by atoms with Crippen LogP contribution in [0, 0.1) is 0 Å². The molecule has 15 nitrogen and oxygen atoms in total. The van der Waals surface area contributed by atoms with E-state index in [0.29, 0.717) is 61.9 Å². The predicted molar refractivity (Wildman–Crippen MR) is 113 cm³/mol. The number of hydrogen-bond donors (Lipinski definition) is 6. The summed E-state index contributed by atoms with van der Waals surface area (Å²) in [6.45, 7) is 2.29. The van der Waals surface area contributed by atoms with Gasteiger partial charge in [-0.3, -0.25) is 0 Å². The fourth-order valence-corrected chi connectivity index (χ4v) is 2.17. The zero-order valence-corrected chi connectivity index (χ0v) is 16.6. The third-order valence-electron chi connectivity index (χ3n) is 3.55. The van der Waals surface area contributed by atoms with E-state index in [-0.39, 0.29) is 0 Å². The summed E-state index contributed by atoms with van der Waals surface area (Å²) in [6, 6.07) is 0. The van der Waals surface area contributed by atoms with Crippen LogP contribution in [0.1, 0.15) is 0 Å². The number of nitrogens with one attached hydrogen (secondary N) is 6. The first-order chi connectivity index (χ1) is 14.8. The standard InChI is InChI=1S/C15H23N15/c1-16-10-22-7-24-12(28-10)18-3-5-20-14-26-9-27-15(30-14)21-6-4-19-13-25-8-23-11(17-2)29-13/h7-9H,3-6H2,1-2H3,(H2,16,18,22,24,28)(H2,17,19,23,25,29)(H2,20,21,26,27,30). The summed E-state index contributed by atoms with van der Waals surface area (Å²) in [5, 5.41) is 18.1. The second-order valence-electron chi connectivity index (χ2n) is 5.61. The van der Waals surface area contributed by atoms with Crippen LogP contribution in [0.3, 0.4) is 0 Å². The molecule has 0 aliphatic rings. The van der Waals surface area contributed by atoms with E-state index >= 15 is 0 Å². The van der Waals surface area contributed by atoms with Gasteiger partial charge in [-0.25, -0.2) is 29.9 Å². The molecule has 0 aliphatic heterocycles. The summed E-state index contributed by atoms with van der Waals surface area (Å²) in [4.78, 5) is 36.9. The van der Waals surface area contributed by atoms with Gasteiger partial charge in [-0.1, -0.05) is 0 Å². The number of anilines is 6. The van der Waals surface area contributed by atoms with Crippen LogP contribution in [0.25, 0.3) is 0 Å². The molecule has 0 aromatic carbocycles. The molecule has 0 fully saturated rings. The minimum Gasteiger partial charge on any atom is -0.357 e. The lowest BCUT2D eigenvalue weighted by Crippen LogP contribution is -2.19. The van der Waals surface area contributed by atoms with Crippen molar-refractivity contribution in [1.29, 1.82) is 0 Å². The van der Waals surface area contributed by atoms with Crippen molar-refractivity contribution in [2.45, 2.75) is 0 Å². The van der Waals surface area contributed by atoms with Crippen LogP contribution in [0.5, 0.6) is 0 Å². The molecule has 3 aromatic rings. The van der Waals surface area contributed by atoms with Crippen molar-refractivity contribution in [1.82, 2.24) is 44.9 Å². The van der Waals surface area contributed by atoms with Crippen LogP contribution >= 0.6 is 0 Å². The van der Waals surface area contributed by atoms with Gasteiger partial charge < -0.3 is 31.9 Å². The van der Waals surface area contributed by atoms with E-state index < -0.39 is 0 Å². The first-order valence-electron chi connectivity index (χ1n) is 9.15. The number of nitrogens with zero attached hydrogens (tertiary/aromatic N) is 9. The Balaban J connectivity index is 1.37. The molecule has 6 N–H and O–H groups in total. The van der Waals surface area contributed by atoms with E-state index in [4.69, 9.17) is 0 Å². The largest absolute Gasteiger partial charge is 0.357 e. The number of rotatable bonds is 12. The fraction of sp³-hybridized carbons (Fsp3) is 0.400. The van der Waals surface area contributed by atoms with Crippen molar-refractivity contribution >= 4 is 35.7 Å². The normalized spacial score (nSPS) is 10.2. The Labute approximate surface area is 172 Å². The summed E-state index contributed by atoms with van der Waals surface area (Å²) in [5.74, 6) is 2.90. The summed E-state index contributed by atoms with van der Waals surface area (Å²) in [6.07, 6.45) is 4.32. The lowest BCUT2D eigenvalue weighted by atomic mass is 10.6. The van der Waals surface area contributed by atoms with Crippen molar-refractivity contribution in [3.63, 3.8) is 0 Å². The molecular formula is C15H23N15. The third-order valence-corrected chi connectivity index (χ3v) is 3.55. The van der Waals surface area contributed by atoms with Crippen LogP contribution in [0.4, 0.5) is 35.7 Å². The Bertz CT molecular complexity index is 849. The summed E-state index contributed by atoms with van der Waals surface area (Å²) in [5.41, 5.74) is 0. The Morgan fingerprint density at radius 1 is 0.467 bits per heavy atom. The van der Waals surface area contributed by atoms with E-state index in [2.05, 4.69) is 76.8 Å². The Morgan fingerprint density at radius 2 is 0.733 bits per heavy atom. The van der Waals surface area contributed by atoms with E-state index in [1.165, 1.54) is 19.0 Å². The van der Waals surface area contributed by atoms with Crippen molar-refractivity contribution in [3.8, 4) is 0 Å². The van der Waals surface area contributed by atoms with Crippen molar-refractivity contribution in [2.24, 2.45) is 0 Å². The smallest absolute Gasteiger partial charge is 0.227 e. The van der Waals surface area contributed by atoms with E-state index in [1.54, 1.807) is 14.1 Å². The first kappa shape index (κ1) is 20.6. The summed E-state index contributed by atoms with van der Waals surface area (Å²) >= 11 is 0. The highest BCUT2D eigenvalue weighted by Gasteiger charge is 2.02. The van der Waals surface area contributed by atoms with Gasteiger partial charge in [0.15, 0.2) is 0 Å². The third kappa shape index (κ3) is 6.47. The second kappa shape index (κ2) is 11.0. The molecule has 15 heteroatoms.